The fourth-order valence-electron chi connectivity index (χ4n) is 4.18. The molecule has 2 atom stereocenters. The molecular weight excluding hydrogens is 354 g/mol. The molecule has 2 aliphatic rings. The zero-order valence-electron chi connectivity index (χ0n) is 16.0. The Morgan fingerprint density at radius 1 is 1.07 bits per heavy atom. The Labute approximate surface area is 164 Å². The van der Waals surface area contributed by atoms with Crippen molar-refractivity contribution in [2.24, 2.45) is 5.92 Å². The summed E-state index contributed by atoms with van der Waals surface area (Å²) in [7, 11) is 0. The Balaban J connectivity index is 1.54. The third kappa shape index (κ3) is 3.26. The quantitative estimate of drug-likeness (QED) is 0.894. The number of carbonyl (C=O) groups excluding carboxylic acids is 3. The van der Waals surface area contributed by atoms with Crippen molar-refractivity contribution in [1.82, 2.24) is 0 Å². The van der Waals surface area contributed by atoms with Gasteiger partial charge in [-0.05, 0) is 43.2 Å². The van der Waals surface area contributed by atoms with Gasteiger partial charge in [-0.15, -0.1) is 0 Å². The van der Waals surface area contributed by atoms with Crippen LogP contribution in [0.3, 0.4) is 0 Å². The van der Waals surface area contributed by atoms with E-state index in [4.69, 9.17) is 0 Å². The number of para-hydroxylation sites is 1. The van der Waals surface area contributed by atoms with E-state index in [1.54, 1.807) is 23.1 Å². The smallest absolute Gasteiger partial charge is 0.232 e. The Hall–Kier alpha value is -3.15. The molecule has 2 aliphatic heterocycles. The zero-order chi connectivity index (χ0) is 19.8. The molecule has 1 fully saturated rings. The van der Waals surface area contributed by atoms with E-state index >= 15 is 0 Å². The van der Waals surface area contributed by atoms with Crippen molar-refractivity contribution < 1.29 is 14.4 Å². The van der Waals surface area contributed by atoms with Crippen LogP contribution in [0.4, 0.5) is 17.1 Å². The minimum Gasteiger partial charge on any atom is -0.326 e. The number of anilines is 3. The van der Waals surface area contributed by atoms with Crippen LogP contribution in [0.1, 0.15) is 25.8 Å². The molecule has 1 N–H and O–H groups in total. The number of benzene rings is 2. The molecule has 2 heterocycles. The monoisotopic (exact) mass is 377 g/mol. The Morgan fingerprint density at radius 2 is 1.86 bits per heavy atom. The maximum atomic E-state index is 13.2. The Kier molecular flexibility index (Phi) is 4.63. The van der Waals surface area contributed by atoms with Gasteiger partial charge in [0.15, 0.2) is 0 Å². The van der Waals surface area contributed by atoms with Crippen LogP contribution in [0.25, 0.3) is 0 Å². The van der Waals surface area contributed by atoms with Gasteiger partial charge in [-0.1, -0.05) is 24.3 Å². The van der Waals surface area contributed by atoms with E-state index in [0.29, 0.717) is 17.9 Å². The lowest BCUT2D eigenvalue weighted by molar-refractivity contribution is -0.124. The van der Waals surface area contributed by atoms with Crippen LogP contribution in [0, 0.1) is 5.92 Å². The van der Waals surface area contributed by atoms with Crippen molar-refractivity contribution in [3.05, 3.63) is 54.1 Å². The predicted octanol–water partition coefficient (Wildman–Crippen LogP) is 2.98. The highest BCUT2D eigenvalue weighted by Crippen LogP contribution is 2.35. The predicted molar refractivity (Wildman–Crippen MR) is 108 cm³/mol. The summed E-state index contributed by atoms with van der Waals surface area (Å²) in [5, 5.41) is 2.73. The van der Waals surface area contributed by atoms with Crippen LogP contribution in [0.15, 0.2) is 48.5 Å². The maximum Gasteiger partial charge on any atom is 0.232 e. The summed E-state index contributed by atoms with van der Waals surface area (Å²) < 4.78 is 0. The molecule has 0 radical (unpaired) electrons. The van der Waals surface area contributed by atoms with Gasteiger partial charge in [0.2, 0.25) is 17.7 Å². The van der Waals surface area contributed by atoms with Gasteiger partial charge in [0.05, 0.1) is 5.92 Å². The summed E-state index contributed by atoms with van der Waals surface area (Å²) in [5.41, 5.74) is 3.46. The Bertz CT molecular complexity index is 956. The van der Waals surface area contributed by atoms with Gasteiger partial charge in [0.1, 0.15) is 0 Å². The van der Waals surface area contributed by atoms with Crippen LogP contribution in [-0.2, 0) is 20.8 Å². The number of rotatable bonds is 3. The molecule has 2 unspecified atom stereocenters. The summed E-state index contributed by atoms with van der Waals surface area (Å²) in [4.78, 5) is 40.7. The second kappa shape index (κ2) is 7.11. The second-order valence-corrected chi connectivity index (χ2v) is 7.53. The molecule has 1 saturated heterocycles. The number of amides is 3. The number of carbonyl (C=O) groups is 3. The van der Waals surface area contributed by atoms with Crippen LogP contribution in [0.5, 0.6) is 0 Å². The molecule has 0 saturated carbocycles. The van der Waals surface area contributed by atoms with Crippen molar-refractivity contribution in [2.75, 3.05) is 21.7 Å². The van der Waals surface area contributed by atoms with E-state index in [9.17, 15) is 14.4 Å². The van der Waals surface area contributed by atoms with Crippen molar-refractivity contribution in [2.45, 2.75) is 32.7 Å². The zero-order valence-corrected chi connectivity index (χ0v) is 16.0. The third-order valence-corrected chi connectivity index (χ3v) is 5.40. The lowest BCUT2D eigenvalue weighted by atomic mass is 10.1. The van der Waals surface area contributed by atoms with E-state index in [-0.39, 0.29) is 36.1 Å². The third-order valence-electron chi connectivity index (χ3n) is 5.40. The number of hydrogen-bond acceptors (Lipinski definition) is 3. The molecular formula is C22H23N3O3. The first kappa shape index (κ1) is 18.2. The van der Waals surface area contributed by atoms with Crippen LogP contribution in [-0.4, -0.2) is 30.3 Å². The van der Waals surface area contributed by atoms with E-state index in [2.05, 4.69) is 11.4 Å². The summed E-state index contributed by atoms with van der Waals surface area (Å²) >= 11 is 0. The van der Waals surface area contributed by atoms with Crippen LogP contribution in [0.2, 0.25) is 0 Å². The van der Waals surface area contributed by atoms with Crippen LogP contribution < -0.4 is 15.1 Å². The van der Waals surface area contributed by atoms with Crippen molar-refractivity contribution in [1.29, 1.82) is 0 Å². The van der Waals surface area contributed by atoms with Gasteiger partial charge in [-0.25, -0.2) is 0 Å². The van der Waals surface area contributed by atoms with Gasteiger partial charge < -0.3 is 15.1 Å². The average Bonchev–Trinajstić information content (AvgIpc) is 3.20. The van der Waals surface area contributed by atoms with Gasteiger partial charge in [0.25, 0.3) is 0 Å². The minimum atomic E-state index is -0.370. The molecule has 0 spiro atoms. The second-order valence-electron chi connectivity index (χ2n) is 7.53. The molecule has 0 aliphatic carbocycles. The lowest BCUT2D eigenvalue weighted by Crippen LogP contribution is -2.41. The molecule has 0 bridgehead atoms. The minimum absolute atomic E-state index is 0.00585. The summed E-state index contributed by atoms with van der Waals surface area (Å²) in [5.74, 6) is -0.602. The topological polar surface area (TPSA) is 69.7 Å². The van der Waals surface area contributed by atoms with Gasteiger partial charge >= 0.3 is 0 Å². The highest BCUT2D eigenvalue weighted by atomic mass is 16.2. The maximum absolute atomic E-state index is 13.2. The Morgan fingerprint density at radius 3 is 2.64 bits per heavy atom. The molecule has 28 heavy (non-hydrogen) atoms. The number of hydrogen-bond donors (Lipinski definition) is 1. The molecule has 144 valence electrons. The fraction of sp³-hybridized carbons (Fsp3) is 0.318. The number of nitrogens with zero attached hydrogens (tertiary/aromatic N) is 2. The van der Waals surface area contributed by atoms with Crippen molar-refractivity contribution in [3.8, 4) is 0 Å². The first-order valence-corrected chi connectivity index (χ1v) is 9.53. The average molecular weight is 377 g/mol. The molecule has 3 amide bonds. The highest BCUT2D eigenvalue weighted by molar-refractivity contribution is 6.05. The fourth-order valence-corrected chi connectivity index (χ4v) is 4.18. The molecule has 6 nitrogen and oxygen atoms in total. The normalized spacial score (nSPS) is 21.0. The van der Waals surface area contributed by atoms with Crippen LogP contribution >= 0.6 is 0 Å². The van der Waals surface area contributed by atoms with Gasteiger partial charge in [-0.2, -0.15) is 0 Å². The first-order chi connectivity index (χ1) is 13.4. The van der Waals surface area contributed by atoms with Crippen molar-refractivity contribution in [3.63, 3.8) is 0 Å². The van der Waals surface area contributed by atoms with E-state index in [0.717, 1.165) is 12.1 Å². The van der Waals surface area contributed by atoms with Crippen molar-refractivity contribution >= 4 is 34.8 Å². The summed E-state index contributed by atoms with van der Waals surface area (Å²) in [6.45, 7) is 3.84. The van der Waals surface area contributed by atoms with Gasteiger partial charge in [0, 0.05) is 43.0 Å². The largest absolute Gasteiger partial charge is 0.326 e. The molecule has 2 aromatic rings. The lowest BCUT2D eigenvalue weighted by Gasteiger charge is -2.26. The van der Waals surface area contributed by atoms with E-state index in [1.165, 1.54) is 12.5 Å². The molecule has 2 aromatic carbocycles. The number of nitrogens with one attached hydrogen (secondary N) is 1. The summed E-state index contributed by atoms with van der Waals surface area (Å²) in [6, 6.07) is 15.2. The van der Waals surface area contributed by atoms with E-state index in [1.807, 2.05) is 36.1 Å². The molecule has 6 heteroatoms. The number of fused-ring (bicyclic) bond motifs is 1. The SMILES string of the molecule is CC(=O)Nc1cccc(N2CC(C(=O)N3c4ccccc4CC3C)CC2=O)c1. The first-order valence-electron chi connectivity index (χ1n) is 9.53. The standard InChI is InChI=1S/C22H23N3O3/c1-14-10-16-6-3-4-9-20(16)25(14)22(28)17-11-21(27)24(13-17)19-8-5-7-18(12-19)23-15(2)26/h3-9,12,14,17H,10-11,13H2,1-2H3,(H,23,26). The molecule has 4 rings (SSSR count). The van der Waals surface area contributed by atoms with Gasteiger partial charge in [-0.3, -0.25) is 14.4 Å². The van der Waals surface area contributed by atoms with E-state index < -0.39 is 0 Å². The molecule has 0 aromatic heterocycles. The highest BCUT2D eigenvalue weighted by Gasteiger charge is 2.41. The summed E-state index contributed by atoms with van der Waals surface area (Å²) in [6.07, 6.45) is 1.04.